The van der Waals surface area contributed by atoms with Gasteiger partial charge in [-0.3, -0.25) is 4.79 Å². The number of carbonyl (C=O) groups is 1. The van der Waals surface area contributed by atoms with Gasteiger partial charge in [0.25, 0.3) is 0 Å². The Balaban J connectivity index is 2.74. The summed E-state index contributed by atoms with van der Waals surface area (Å²) in [6, 6.07) is 5.81. The molecule has 0 fully saturated rings. The molecule has 18 heavy (non-hydrogen) atoms. The molecule has 2 rings (SSSR count). The van der Waals surface area contributed by atoms with Gasteiger partial charge in [-0.25, -0.2) is 0 Å². The molecule has 1 nitrogen and oxygen atoms in total. The second-order valence-electron chi connectivity index (χ2n) is 4.98. The summed E-state index contributed by atoms with van der Waals surface area (Å²) in [6.07, 6.45) is 3.99. The minimum Gasteiger partial charge on any atom is -0.293 e. The topological polar surface area (TPSA) is 17.1 Å². The van der Waals surface area contributed by atoms with E-state index in [4.69, 9.17) is 0 Å². The maximum atomic E-state index is 12.6. The van der Waals surface area contributed by atoms with Gasteiger partial charge in [0, 0.05) is 5.56 Å². The summed E-state index contributed by atoms with van der Waals surface area (Å²) in [6.45, 7) is 13.9. The van der Waals surface area contributed by atoms with Gasteiger partial charge < -0.3 is 0 Å². The van der Waals surface area contributed by atoms with Gasteiger partial charge >= 0.3 is 0 Å². The van der Waals surface area contributed by atoms with Gasteiger partial charge in [0.2, 0.25) is 0 Å². The van der Waals surface area contributed by atoms with Crippen molar-refractivity contribution < 1.29 is 4.79 Å². The minimum atomic E-state index is -0.653. The molecule has 1 aromatic carbocycles. The van der Waals surface area contributed by atoms with E-state index in [0.717, 1.165) is 27.8 Å². The number of rotatable bonds is 2. The van der Waals surface area contributed by atoms with Crippen molar-refractivity contribution in [2.45, 2.75) is 20.8 Å². The smallest absolute Gasteiger partial charge is 0.177 e. The van der Waals surface area contributed by atoms with Gasteiger partial charge in [-0.1, -0.05) is 49.1 Å². The molecule has 1 atom stereocenters. The Labute approximate surface area is 109 Å². The second-order valence-corrected chi connectivity index (χ2v) is 4.98. The number of hydrogen-bond donors (Lipinski definition) is 0. The van der Waals surface area contributed by atoms with Crippen LogP contribution < -0.4 is 0 Å². The molecule has 0 heterocycles. The first-order valence-corrected chi connectivity index (χ1v) is 6.10. The van der Waals surface area contributed by atoms with Crippen LogP contribution in [0.5, 0.6) is 0 Å². The van der Waals surface area contributed by atoms with E-state index in [1.54, 1.807) is 0 Å². The minimum absolute atomic E-state index is 0.112. The summed E-state index contributed by atoms with van der Waals surface area (Å²) in [5.74, 6) is 0.112. The normalized spacial score (nSPS) is 22.6. The molecule has 1 heteroatoms. The van der Waals surface area contributed by atoms with Crippen LogP contribution in [-0.2, 0) is 0 Å². The first kappa shape index (κ1) is 12.6. The van der Waals surface area contributed by atoms with Crippen LogP contribution in [0.3, 0.4) is 0 Å². The number of hydrogen-bond acceptors (Lipinski definition) is 1. The maximum Gasteiger partial charge on any atom is 0.177 e. The largest absolute Gasteiger partial charge is 0.293 e. The molecule has 1 aliphatic rings. The number of carbonyl (C=O) groups excluding carboxylic acids is 1. The van der Waals surface area contributed by atoms with Crippen LogP contribution in [0.2, 0.25) is 0 Å². The van der Waals surface area contributed by atoms with Gasteiger partial charge in [0.1, 0.15) is 0 Å². The van der Waals surface area contributed by atoms with Crippen LogP contribution in [0.1, 0.15) is 42.3 Å². The number of allylic oxidation sites excluding steroid dienone is 3. The molecule has 92 valence electrons. The Bertz CT molecular complexity index is 590. The molecule has 1 aliphatic carbocycles. The van der Waals surface area contributed by atoms with E-state index in [1.807, 2.05) is 51.1 Å². The Hall–Kier alpha value is -1.89. The van der Waals surface area contributed by atoms with Crippen molar-refractivity contribution in [3.63, 3.8) is 0 Å². The Morgan fingerprint density at radius 2 is 2.06 bits per heavy atom. The highest BCUT2D eigenvalue weighted by Crippen LogP contribution is 2.50. The molecule has 0 amide bonds. The molecular weight excluding hydrogens is 220 g/mol. The third kappa shape index (κ3) is 1.43. The first-order valence-electron chi connectivity index (χ1n) is 6.10. The third-order valence-electron chi connectivity index (χ3n) is 3.90. The predicted octanol–water partition coefficient (Wildman–Crippen LogP) is 4.51. The van der Waals surface area contributed by atoms with Crippen molar-refractivity contribution in [2.24, 2.45) is 5.41 Å². The van der Waals surface area contributed by atoms with Gasteiger partial charge in [0.05, 0.1) is 5.41 Å². The number of fused-ring (bicyclic) bond motifs is 1. The molecule has 0 aromatic heterocycles. The molecule has 0 bridgehead atoms. The monoisotopic (exact) mass is 238 g/mol. The lowest BCUT2D eigenvalue weighted by atomic mass is 9.77. The average Bonchev–Trinajstić information content (AvgIpc) is 2.54. The lowest BCUT2D eigenvalue weighted by molar-refractivity contribution is 0.0918. The standard InChI is InChI=1S/C17H18O/c1-6-8-13-9-7-10-14-15(13)12(4)17(5,11(2)3)16(14)18/h6-10H,2,4H2,1,3,5H3/b8-6-. The van der Waals surface area contributed by atoms with Crippen LogP contribution in [0.25, 0.3) is 11.6 Å². The highest BCUT2D eigenvalue weighted by atomic mass is 16.1. The van der Waals surface area contributed by atoms with Crippen LogP contribution in [0, 0.1) is 5.41 Å². The van der Waals surface area contributed by atoms with E-state index in [1.165, 1.54) is 0 Å². The summed E-state index contributed by atoms with van der Waals surface area (Å²) >= 11 is 0. The van der Waals surface area contributed by atoms with Crippen LogP contribution in [0.4, 0.5) is 0 Å². The zero-order valence-electron chi connectivity index (χ0n) is 11.2. The van der Waals surface area contributed by atoms with E-state index in [9.17, 15) is 4.79 Å². The van der Waals surface area contributed by atoms with E-state index < -0.39 is 5.41 Å². The lowest BCUT2D eigenvalue weighted by Crippen LogP contribution is -2.23. The fourth-order valence-corrected chi connectivity index (χ4v) is 2.52. The molecule has 1 aromatic rings. The van der Waals surface area contributed by atoms with Crippen LogP contribution >= 0.6 is 0 Å². The van der Waals surface area contributed by atoms with E-state index in [2.05, 4.69) is 13.2 Å². The van der Waals surface area contributed by atoms with Gasteiger partial charge in [-0.05, 0) is 37.5 Å². The van der Waals surface area contributed by atoms with Gasteiger partial charge in [0.15, 0.2) is 5.78 Å². The van der Waals surface area contributed by atoms with Crippen molar-refractivity contribution in [1.29, 1.82) is 0 Å². The summed E-state index contributed by atoms with van der Waals surface area (Å²) in [4.78, 5) is 12.6. The van der Waals surface area contributed by atoms with E-state index >= 15 is 0 Å². The number of ketones is 1. The Morgan fingerprint density at radius 1 is 1.39 bits per heavy atom. The first-order chi connectivity index (χ1) is 8.44. The summed E-state index contributed by atoms with van der Waals surface area (Å²) < 4.78 is 0. The molecule has 0 radical (unpaired) electrons. The maximum absolute atomic E-state index is 12.6. The zero-order chi connectivity index (χ0) is 13.5. The summed E-state index contributed by atoms with van der Waals surface area (Å²) in [7, 11) is 0. The predicted molar refractivity (Wildman–Crippen MR) is 77.4 cm³/mol. The summed E-state index contributed by atoms with van der Waals surface area (Å²) in [5, 5.41) is 0. The highest BCUT2D eigenvalue weighted by molar-refractivity contribution is 6.19. The van der Waals surface area contributed by atoms with Crippen molar-refractivity contribution in [3.8, 4) is 0 Å². The van der Waals surface area contributed by atoms with Gasteiger partial charge in [-0.15, -0.1) is 0 Å². The number of benzene rings is 1. The summed E-state index contributed by atoms with van der Waals surface area (Å²) in [5.41, 5.74) is 3.86. The van der Waals surface area contributed by atoms with E-state index in [0.29, 0.717) is 0 Å². The Kier molecular flexibility index (Phi) is 2.86. The Morgan fingerprint density at radius 3 is 2.61 bits per heavy atom. The SMILES string of the molecule is C=C(C)C1(C)C(=C)c2c(/C=C\C)cccc2C1=O. The van der Waals surface area contributed by atoms with Crippen molar-refractivity contribution >= 4 is 17.4 Å². The van der Waals surface area contributed by atoms with Crippen molar-refractivity contribution in [1.82, 2.24) is 0 Å². The quantitative estimate of drug-likeness (QED) is 0.693. The van der Waals surface area contributed by atoms with Gasteiger partial charge in [-0.2, -0.15) is 0 Å². The molecule has 1 unspecified atom stereocenters. The van der Waals surface area contributed by atoms with E-state index in [-0.39, 0.29) is 5.78 Å². The van der Waals surface area contributed by atoms with Crippen molar-refractivity contribution in [2.75, 3.05) is 0 Å². The van der Waals surface area contributed by atoms with Crippen LogP contribution in [0.15, 0.2) is 43.0 Å². The molecular formula is C17H18O. The molecule has 0 aliphatic heterocycles. The second kappa shape index (κ2) is 4.09. The fraction of sp³-hybridized carbons (Fsp3) is 0.235. The number of Topliss-reactive ketones (excluding diaryl/α,β-unsaturated/α-hetero) is 1. The lowest BCUT2D eigenvalue weighted by Gasteiger charge is -2.24. The third-order valence-corrected chi connectivity index (χ3v) is 3.90. The average molecular weight is 238 g/mol. The fourth-order valence-electron chi connectivity index (χ4n) is 2.52. The molecule has 0 spiro atoms. The van der Waals surface area contributed by atoms with Crippen LogP contribution in [-0.4, -0.2) is 5.78 Å². The van der Waals surface area contributed by atoms with Crippen molar-refractivity contribution in [3.05, 3.63) is 59.7 Å². The molecule has 0 saturated heterocycles. The molecule has 0 saturated carbocycles. The zero-order valence-corrected chi connectivity index (χ0v) is 11.2. The molecule has 0 N–H and O–H groups in total. The highest BCUT2D eigenvalue weighted by Gasteiger charge is 2.45.